The third-order valence-electron chi connectivity index (χ3n) is 6.33. The number of aromatic nitrogens is 1. The van der Waals surface area contributed by atoms with Crippen LogP contribution in [0, 0.1) is 0 Å². The number of hydrogen-bond acceptors (Lipinski definition) is 6. The number of rotatable bonds is 7. The molecule has 3 aromatic carbocycles. The molecular weight excluding hydrogens is 590 g/mol. The third-order valence-corrected chi connectivity index (χ3v) is 7.80. The van der Waals surface area contributed by atoms with Gasteiger partial charge in [0.2, 0.25) is 0 Å². The van der Waals surface area contributed by atoms with Crippen molar-refractivity contribution in [2.45, 2.75) is 32.9 Å². The summed E-state index contributed by atoms with van der Waals surface area (Å²) in [5.41, 5.74) is 2.85. The predicted octanol–water partition coefficient (Wildman–Crippen LogP) is 5.43. The van der Waals surface area contributed by atoms with Crippen molar-refractivity contribution >= 4 is 44.9 Å². The summed E-state index contributed by atoms with van der Waals surface area (Å²) in [6, 6.07) is 21.6. The lowest BCUT2D eigenvalue weighted by Gasteiger charge is -2.25. The monoisotopic (exact) mass is 617 g/mol. The molecular formula is C31H28BrN3O4S. The van der Waals surface area contributed by atoms with Crippen LogP contribution in [0.4, 0.5) is 5.69 Å². The van der Waals surface area contributed by atoms with Crippen molar-refractivity contribution in [2.24, 2.45) is 4.99 Å². The standard InChI is InChI=1S/C31H28BrN3O4S/c1-18(2)39-25-14-13-22(32)15-21(25)17-26-30(37)35-28(20-9-8-12-24(16-20)38-4)27(19(3)33-31(35)40-26)29(36)34-23-10-6-5-7-11-23/h5-18,28H,1-4H3,(H,34,36)/b26-17+/t28-/m0/s1. The normalized spacial score (nSPS) is 15.1. The number of thiazole rings is 1. The lowest BCUT2D eigenvalue weighted by atomic mass is 9.95. The number of carbonyl (C=O) groups excluding carboxylic acids is 1. The Morgan fingerprint density at radius 2 is 1.88 bits per heavy atom. The van der Waals surface area contributed by atoms with Gasteiger partial charge >= 0.3 is 0 Å². The molecule has 0 saturated heterocycles. The summed E-state index contributed by atoms with van der Waals surface area (Å²) in [4.78, 5) is 33.0. The molecule has 0 saturated carbocycles. The second kappa shape index (κ2) is 11.7. The number of fused-ring (bicyclic) bond motifs is 1. The maximum atomic E-state index is 14.1. The molecule has 1 N–H and O–H groups in total. The lowest BCUT2D eigenvalue weighted by molar-refractivity contribution is -0.113. The third kappa shape index (κ3) is 5.66. The van der Waals surface area contributed by atoms with Crippen molar-refractivity contribution in [3.05, 3.63) is 119 Å². The molecule has 0 bridgehead atoms. The molecule has 40 heavy (non-hydrogen) atoms. The Balaban J connectivity index is 1.69. The summed E-state index contributed by atoms with van der Waals surface area (Å²) in [6.07, 6.45) is 1.79. The summed E-state index contributed by atoms with van der Waals surface area (Å²) in [7, 11) is 1.59. The Hall–Kier alpha value is -3.95. The second-order valence-electron chi connectivity index (χ2n) is 9.53. The highest BCUT2D eigenvalue weighted by Gasteiger charge is 2.32. The summed E-state index contributed by atoms with van der Waals surface area (Å²) in [5.74, 6) is 0.975. The van der Waals surface area contributed by atoms with Gasteiger partial charge in [0.05, 0.1) is 35.1 Å². The van der Waals surface area contributed by atoms with E-state index < -0.39 is 6.04 Å². The van der Waals surface area contributed by atoms with Gasteiger partial charge in [-0.3, -0.25) is 14.2 Å². The molecule has 1 atom stereocenters. The van der Waals surface area contributed by atoms with Crippen LogP contribution in [0.5, 0.6) is 11.5 Å². The van der Waals surface area contributed by atoms with Crippen molar-refractivity contribution in [3.8, 4) is 11.5 Å². The molecule has 1 aliphatic rings. The van der Waals surface area contributed by atoms with Crippen LogP contribution in [0.25, 0.3) is 6.08 Å². The van der Waals surface area contributed by atoms with Crippen molar-refractivity contribution in [1.82, 2.24) is 4.57 Å². The molecule has 1 aromatic heterocycles. The number of para-hydroxylation sites is 1. The molecule has 0 spiro atoms. The maximum Gasteiger partial charge on any atom is 0.271 e. The number of nitrogens with one attached hydrogen (secondary N) is 1. The molecule has 2 heterocycles. The topological polar surface area (TPSA) is 81.9 Å². The van der Waals surface area contributed by atoms with Gasteiger partial charge in [0.25, 0.3) is 11.5 Å². The van der Waals surface area contributed by atoms with Gasteiger partial charge in [0, 0.05) is 15.7 Å². The lowest BCUT2D eigenvalue weighted by Crippen LogP contribution is -2.40. The van der Waals surface area contributed by atoms with E-state index in [0.717, 1.165) is 15.6 Å². The minimum absolute atomic E-state index is 0.0315. The number of allylic oxidation sites excluding steroid dienone is 1. The van der Waals surface area contributed by atoms with Gasteiger partial charge in [-0.15, -0.1) is 0 Å². The van der Waals surface area contributed by atoms with Crippen LogP contribution in [0.1, 0.15) is 37.9 Å². The molecule has 0 radical (unpaired) electrons. The van der Waals surface area contributed by atoms with Crippen LogP contribution >= 0.6 is 27.3 Å². The number of halogens is 1. The van der Waals surface area contributed by atoms with E-state index in [1.165, 1.54) is 11.3 Å². The first-order valence-electron chi connectivity index (χ1n) is 12.7. The molecule has 1 amide bonds. The van der Waals surface area contributed by atoms with Crippen LogP contribution < -0.4 is 29.7 Å². The van der Waals surface area contributed by atoms with Gasteiger partial charge in [-0.25, -0.2) is 4.99 Å². The summed E-state index contributed by atoms with van der Waals surface area (Å²) >= 11 is 4.81. The largest absolute Gasteiger partial charge is 0.497 e. The molecule has 0 unspecified atom stereocenters. The first-order valence-corrected chi connectivity index (χ1v) is 14.3. The van der Waals surface area contributed by atoms with Gasteiger partial charge in [-0.1, -0.05) is 57.6 Å². The number of anilines is 1. The number of carbonyl (C=O) groups is 1. The number of ether oxygens (including phenoxy) is 2. The highest BCUT2D eigenvalue weighted by atomic mass is 79.9. The Kier molecular flexibility index (Phi) is 8.04. The van der Waals surface area contributed by atoms with E-state index in [-0.39, 0.29) is 17.6 Å². The highest BCUT2D eigenvalue weighted by Crippen LogP contribution is 2.32. The van der Waals surface area contributed by atoms with Crippen LogP contribution in [-0.2, 0) is 4.79 Å². The SMILES string of the molecule is COc1cccc([C@H]2C(C(=O)Nc3ccccc3)=C(C)N=c3s/c(=C/c4cc(Br)ccc4OC(C)C)c(=O)n32)c1. The van der Waals surface area contributed by atoms with Gasteiger partial charge in [0.1, 0.15) is 11.5 Å². The van der Waals surface area contributed by atoms with Gasteiger partial charge < -0.3 is 14.8 Å². The van der Waals surface area contributed by atoms with E-state index >= 15 is 0 Å². The Bertz CT molecular complexity index is 1790. The fourth-order valence-corrected chi connectivity index (χ4v) is 6.01. The highest BCUT2D eigenvalue weighted by molar-refractivity contribution is 9.10. The molecule has 0 aliphatic carbocycles. The first kappa shape index (κ1) is 27.6. The summed E-state index contributed by atoms with van der Waals surface area (Å²) in [6.45, 7) is 5.71. The predicted molar refractivity (Wildman–Crippen MR) is 162 cm³/mol. The fourth-order valence-electron chi connectivity index (χ4n) is 4.59. The maximum absolute atomic E-state index is 14.1. The molecule has 1 aliphatic heterocycles. The van der Waals surface area contributed by atoms with E-state index in [1.807, 2.05) is 92.7 Å². The molecule has 0 fully saturated rings. The zero-order chi connectivity index (χ0) is 28.4. The average Bonchev–Trinajstić information content (AvgIpc) is 3.23. The molecule has 5 rings (SSSR count). The van der Waals surface area contributed by atoms with E-state index in [2.05, 4.69) is 21.2 Å². The second-order valence-corrected chi connectivity index (χ2v) is 11.5. The van der Waals surface area contributed by atoms with E-state index in [4.69, 9.17) is 14.5 Å². The smallest absolute Gasteiger partial charge is 0.271 e. The Morgan fingerprint density at radius 3 is 2.60 bits per heavy atom. The van der Waals surface area contributed by atoms with Crippen LogP contribution in [-0.4, -0.2) is 23.7 Å². The van der Waals surface area contributed by atoms with E-state index in [1.54, 1.807) is 18.6 Å². The number of nitrogens with zero attached hydrogens (tertiary/aromatic N) is 2. The summed E-state index contributed by atoms with van der Waals surface area (Å²) in [5, 5.41) is 2.97. The number of hydrogen-bond donors (Lipinski definition) is 1. The van der Waals surface area contributed by atoms with E-state index in [0.29, 0.717) is 37.8 Å². The van der Waals surface area contributed by atoms with Crippen molar-refractivity contribution in [1.29, 1.82) is 0 Å². The van der Waals surface area contributed by atoms with Crippen LogP contribution in [0.3, 0.4) is 0 Å². The van der Waals surface area contributed by atoms with Crippen molar-refractivity contribution in [2.75, 3.05) is 12.4 Å². The van der Waals surface area contributed by atoms with E-state index in [9.17, 15) is 9.59 Å². The average molecular weight is 619 g/mol. The molecule has 204 valence electrons. The Labute approximate surface area is 244 Å². The first-order chi connectivity index (χ1) is 19.2. The van der Waals surface area contributed by atoms with Crippen LogP contribution in [0.15, 0.2) is 98.3 Å². The minimum Gasteiger partial charge on any atom is -0.497 e. The minimum atomic E-state index is -0.703. The van der Waals surface area contributed by atoms with Crippen LogP contribution in [0.2, 0.25) is 0 Å². The molecule has 4 aromatic rings. The van der Waals surface area contributed by atoms with Crippen molar-refractivity contribution < 1.29 is 14.3 Å². The number of methoxy groups -OCH3 is 1. The number of benzene rings is 3. The van der Waals surface area contributed by atoms with Crippen molar-refractivity contribution in [3.63, 3.8) is 0 Å². The van der Waals surface area contributed by atoms with Gasteiger partial charge in [-0.2, -0.15) is 0 Å². The van der Waals surface area contributed by atoms with Gasteiger partial charge in [-0.05, 0) is 74.9 Å². The fraction of sp³-hybridized carbons (Fsp3) is 0.194. The Morgan fingerprint density at radius 1 is 1.10 bits per heavy atom. The number of amides is 1. The van der Waals surface area contributed by atoms with Gasteiger partial charge in [0.15, 0.2) is 4.80 Å². The quantitative estimate of drug-likeness (QED) is 0.300. The summed E-state index contributed by atoms with van der Waals surface area (Å²) < 4.78 is 14.4. The zero-order valence-corrected chi connectivity index (χ0v) is 24.9. The zero-order valence-electron chi connectivity index (χ0n) is 22.5. The molecule has 9 heteroatoms. The molecule has 7 nitrogen and oxygen atoms in total.